The fraction of sp³-hybridized carbons (Fsp3) is 0.167. The minimum Gasteiger partial charge on any atom is -0.494 e. The quantitative estimate of drug-likeness (QED) is 0.478. The first kappa shape index (κ1) is 14.9. The van der Waals surface area contributed by atoms with Crippen molar-refractivity contribution in [2.45, 2.75) is 13.3 Å². The lowest BCUT2D eigenvalue weighted by molar-refractivity contribution is 0.317. The molecule has 0 heterocycles. The maximum absolute atomic E-state index is 7.46. The number of nitrogens with one attached hydrogen (secondary N) is 1. The number of benzene rings is 2. The Kier molecular flexibility index (Phi) is 5.16. The summed E-state index contributed by atoms with van der Waals surface area (Å²) in [6.07, 6.45) is 5.03. The lowest BCUT2D eigenvalue weighted by Crippen LogP contribution is -2.10. The average Bonchev–Trinajstić information content (AvgIpc) is 2.51. The first-order chi connectivity index (χ1) is 10.2. The van der Waals surface area contributed by atoms with E-state index in [9.17, 15) is 0 Å². The van der Waals surface area contributed by atoms with E-state index in [1.807, 2.05) is 60.7 Å². The zero-order valence-corrected chi connectivity index (χ0v) is 12.2. The third kappa shape index (κ3) is 4.49. The molecule has 3 nitrogen and oxygen atoms in total. The van der Waals surface area contributed by atoms with E-state index in [2.05, 4.69) is 6.92 Å². The number of hydrogen-bond donors (Lipinski definition) is 2. The topological polar surface area (TPSA) is 59.1 Å². The largest absolute Gasteiger partial charge is 0.494 e. The van der Waals surface area contributed by atoms with Crippen LogP contribution in [0, 0.1) is 5.41 Å². The molecule has 0 saturated carbocycles. The number of hydrogen-bond acceptors (Lipinski definition) is 2. The van der Waals surface area contributed by atoms with Crippen molar-refractivity contribution in [3.05, 3.63) is 65.2 Å². The van der Waals surface area contributed by atoms with E-state index in [4.69, 9.17) is 15.9 Å². The van der Waals surface area contributed by atoms with Gasteiger partial charge in [-0.15, -0.1) is 0 Å². The van der Waals surface area contributed by atoms with Crippen molar-refractivity contribution in [1.82, 2.24) is 0 Å². The van der Waals surface area contributed by atoms with Crippen molar-refractivity contribution in [2.75, 3.05) is 6.61 Å². The highest BCUT2D eigenvalue weighted by atomic mass is 16.5. The molecular formula is C18H20N2O. The molecule has 0 atom stereocenters. The number of ether oxygens (including phenoxy) is 1. The molecule has 0 bridgehead atoms. The Bertz CT molecular complexity index is 647. The summed E-state index contributed by atoms with van der Waals surface area (Å²) in [5.74, 6) is 0.969. The van der Waals surface area contributed by atoms with Crippen molar-refractivity contribution in [1.29, 1.82) is 5.41 Å². The second-order valence-electron chi connectivity index (χ2n) is 4.79. The molecule has 2 aromatic rings. The highest BCUT2D eigenvalue weighted by Gasteiger charge is 1.97. The average molecular weight is 280 g/mol. The molecule has 0 radical (unpaired) electrons. The van der Waals surface area contributed by atoms with Crippen LogP contribution in [0.4, 0.5) is 0 Å². The molecule has 21 heavy (non-hydrogen) atoms. The second kappa shape index (κ2) is 7.29. The van der Waals surface area contributed by atoms with Gasteiger partial charge < -0.3 is 10.5 Å². The molecule has 0 aromatic heterocycles. The molecular weight excluding hydrogens is 260 g/mol. The third-order valence-electron chi connectivity index (χ3n) is 3.00. The summed E-state index contributed by atoms with van der Waals surface area (Å²) in [5, 5.41) is 7.46. The molecule has 0 saturated heterocycles. The van der Waals surface area contributed by atoms with Crippen molar-refractivity contribution in [3.63, 3.8) is 0 Å². The summed E-state index contributed by atoms with van der Waals surface area (Å²) in [7, 11) is 0. The molecule has 2 aromatic carbocycles. The lowest BCUT2D eigenvalue weighted by Gasteiger charge is -2.05. The van der Waals surface area contributed by atoms with Gasteiger partial charge in [0, 0.05) is 5.56 Å². The van der Waals surface area contributed by atoms with E-state index in [0.717, 1.165) is 35.5 Å². The first-order valence-corrected chi connectivity index (χ1v) is 7.04. The van der Waals surface area contributed by atoms with Crippen LogP contribution < -0.4 is 10.5 Å². The van der Waals surface area contributed by atoms with Gasteiger partial charge in [0.2, 0.25) is 0 Å². The van der Waals surface area contributed by atoms with Crippen LogP contribution in [0.2, 0.25) is 0 Å². The minimum absolute atomic E-state index is 0.0835. The van der Waals surface area contributed by atoms with Gasteiger partial charge in [0.05, 0.1) is 6.61 Å². The Labute approximate surface area is 125 Å². The van der Waals surface area contributed by atoms with Crippen LogP contribution in [0.15, 0.2) is 48.5 Å². The summed E-state index contributed by atoms with van der Waals surface area (Å²) < 4.78 is 5.62. The molecule has 0 aliphatic heterocycles. The van der Waals surface area contributed by atoms with Crippen LogP contribution in [0.3, 0.4) is 0 Å². The maximum Gasteiger partial charge on any atom is 0.122 e. The molecule has 0 amide bonds. The zero-order valence-electron chi connectivity index (χ0n) is 12.2. The number of nitrogen functional groups attached to an aromatic ring is 1. The summed E-state index contributed by atoms with van der Waals surface area (Å²) in [6.45, 7) is 2.82. The van der Waals surface area contributed by atoms with Crippen molar-refractivity contribution < 1.29 is 4.74 Å². The van der Waals surface area contributed by atoms with Gasteiger partial charge in [-0.05, 0) is 35.7 Å². The van der Waals surface area contributed by atoms with Crippen LogP contribution in [0.1, 0.15) is 30.0 Å². The smallest absolute Gasteiger partial charge is 0.122 e. The predicted octanol–water partition coefficient (Wildman–Crippen LogP) is 3.93. The monoisotopic (exact) mass is 280 g/mol. The number of rotatable bonds is 6. The van der Waals surface area contributed by atoms with Crippen molar-refractivity contribution >= 4 is 18.0 Å². The maximum atomic E-state index is 7.46. The van der Waals surface area contributed by atoms with E-state index in [0.29, 0.717) is 0 Å². The van der Waals surface area contributed by atoms with Gasteiger partial charge in [-0.3, -0.25) is 5.41 Å². The Morgan fingerprint density at radius 2 is 1.76 bits per heavy atom. The van der Waals surface area contributed by atoms with Gasteiger partial charge in [-0.25, -0.2) is 0 Å². The summed E-state index contributed by atoms with van der Waals surface area (Å²) in [5.41, 5.74) is 8.33. The minimum atomic E-state index is 0.0835. The van der Waals surface area contributed by atoms with Crippen molar-refractivity contribution in [3.8, 4) is 5.75 Å². The Morgan fingerprint density at radius 1 is 1.10 bits per heavy atom. The summed E-state index contributed by atoms with van der Waals surface area (Å²) in [4.78, 5) is 0. The van der Waals surface area contributed by atoms with Gasteiger partial charge in [-0.2, -0.15) is 0 Å². The van der Waals surface area contributed by atoms with Crippen LogP contribution in [-0.2, 0) is 0 Å². The molecule has 0 fully saturated rings. The van der Waals surface area contributed by atoms with Crippen LogP contribution in [-0.4, -0.2) is 12.4 Å². The van der Waals surface area contributed by atoms with E-state index >= 15 is 0 Å². The van der Waals surface area contributed by atoms with Gasteiger partial charge in [0.15, 0.2) is 0 Å². The second-order valence-corrected chi connectivity index (χ2v) is 4.79. The Hall–Kier alpha value is -2.55. The summed E-state index contributed by atoms with van der Waals surface area (Å²) in [6, 6.07) is 15.6. The third-order valence-corrected chi connectivity index (χ3v) is 3.00. The molecule has 0 aliphatic carbocycles. The fourth-order valence-electron chi connectivity index (χ4n) is 1.93. The highest BCUT2D eigenvalue weighted by molar-refractivity contribution is 5.95. The van der Waals surface area contributed by atoms with Gasteiger partial charge >= 0.3 is 0 Å². The molecule has 0 aliphatic rings. The molecule has 108 valence electrons. The standard InChI is InChI=1S/C18H20N2O/c1-2-11-21-17-8-4-6-15(13-17)10-9-14-5-3-7-16(12-14)18(19)20/h3-10,12-13H,2,11H2,1H3,(H3,19,20). The molecule has 3 heteroatoms. The van der Waals surface area contributed by atoms with E-state index in [-0.39, 0.29) is 5.84 Å². The number of nitrogens with two attached hydrogens (primary N) is 1. The van der Waals surface area contributed by atoms with Crippen LogP contribution >= 0.6 is 0 Å². The molecule has 0 spiro atoms. The van der Waals surface area contributed by atoms with Gasteiger partial charge in [-0.1, -0.05) is 49.4 Å². The Morgan fingerprint density at radius 3 is 2.43 bits per heavy atom. The van der Waals surface area contributed by atoms with Crippen LogP contribution in [0.25, 0.3) is 12.2 Å². The van der Waals surface area contributed by atoms with E-state index < -0.39 is 0 Å². The predicted molar refractivity (Wildman–Crippen MR) is 88.6 cm³/mol. The SMILES string of the molecule is CCCOc1cccc(C=Cc2cccc(C(=N)N)c2)c1. The normalized spacial score (nSPS) is 10.7. The molecule has 2 rings (SSSR count). The molecule has 3 N–H and O–H groups in total. The number of amidine groups is 1. The van der Waals surface area contributed by atoms with Crippen molar-refractivity contribution in [2.24, 2.45) is 5.73 Å². The van der Waals surface area contributed by atoms with Gasteiger partial charge in [0.25, 0.3) is 0 Å². The van der Waals surface area contributed by atoms with E-state index in [1.165, 1.54) is 0 Å². The fourth-order valence-corrected chi connectivity index (χ4v) is 1.93. The first-order valence-electron chi connectivity index (χ1n) is 7.04. The zero-order chi connectivity index (χ0) is 15.1. The lowest BCUT2D eigenvalue weighted by atomic mass is 10.1. The Balaban J connectivity index is 2.13. The molecule has 0 unspecified atom stereocenters. The van der Waals surface area contributed by atoms with E-state index in [1.54, 1.807) is 0 Å². The highest BCUT2D eigenvalue weighted by Crippen LogP contribution is 2.16. The summed E-state index contributed by atoms with van der Waals surface area (Å²) >= 11 is 0. The van der Waals surface area contributed by atoms with Gasteiger partial charge in [0.1, 0.15) is 11.6 Å². The van der Waals surface area contributed by atoms with Crippen LogP contribution in [0.5, 0.6) is 5.75 Å².